The third-order valence-electron chi connectivity index (χ3n) is 3.13. The van der Waals surface area contributed by atoms with Gasteiger partial charge in [0.05, 0.1) is 11.5 Å². The van der Waals surface area contributed by atoms with Crippen molar-refractivity contribution in [3.05, 3.63) is 35.1 Å². The van der Waals surface area contributed by atoms with Gasteiger partial charge in [0.1, 0.15) is 0 Å². The first kappa shape index (κ1) is 14.3. The van der Waals surface area contributed by atoms with Crippen molar-refractivity contribution in [2.45, 2.75) is 13.0 Å². The second-order valence-electron chi connectivity index (χ2n) is 4.77. The van der Waals surface area contributed by atoms with E-state index in [4.69, 9.17) is 0 Å². The molecule has 1 aliphatic rings. The SMILES string of the molecule is O=S1(=O)CCC(CNCc2cc(F)c(F)c(F)c2)C1. The van der Waals surface area contributed by atoms with Crippen molar-refractivity contribution in [1.82, 2.24) is 5.32 Å². The Labute approximate surface area is 109 Å². The highest BCUT2D eigenvalue weighted by Gasteiger charge is 2.27. The number of halogens is 3. The standard InChI is InChI=1S/C12H14F3NO2S/c13-10-3-9(4-11(14)12(10)15)6-16-5-8-1-2-19(17,18)7-8/h3-4,8,16H,1-2,5-7H2. The summed E-state index contributed by atoms with van der Waals surface area (Å²) < 4.78 is 61.1. The lowest BCUT2D eigenvalue weighted by Gasteiger charge is -2.10. The lowest BCUT2D eigenvalue weighted by molar-refractivity contribution is 0.443. The summed E-state index contributed by atoms with van der Waals surface area (Å²) in [4.78, 5) is 0. The minimum atomic E-state index is -2.92. The maximum Gasteiger partial charge on any atom is 0.194 e. The van der Waals surface area contributed by atoms with Crippen molar-refractivity contribution < 1.29 is 21.6 Å². The zero-order valence-corrected chi connectivity index (χ0v) is 10.9. The highest BCUT2D eigenvalue weighted by molar-refractivity contribution is 7.91. The second kappa shape index (κ2) is 5.50. The van der Waals surface area contributed by atoms with Crippen LogP contribution in [0.3, 0.4) is 0 Å². The molecule has 3 nitrogen and oxygen atoms in total. The maximum atomic E-state index is 12.9. The summed E-state index contributed by atoms with van der Waals surface area (Å²) in [5.74, 6) is -3.56. The van der Waals surface area contributed by atoms with E-state index in [1.807, 2.05) is 0 Å². The molecule has 1 aliphatic heterocycles. The molecule has 1 aromatic carbocycles. The van der Waals surface area contributed by atoms with Gasteiger partial charge in [0.2, 0.25) is 0 Å². The molecule has 0 bridgehead atoms. The number of nitrogens with one attached hydrogen (secondary N) is 1. The number of rotatable bonds is 4. The van der Waals surface area contributed by atoms with Crippen LogP contribution in [0.2, 0.25) is 0 Å². The molecule has 1 atom stereocenters. The first-order valence-corrected chi connectivity index (χ1v) is 7.74. The average molecular weight is 293 g/mol. The highest BCUT2D eigenvalue weighted by Crippen LogP contribution is 2.18. The first-order valence-electron chi connectivity index (χ1n) is 5.92. The molecule has 0 aliphatic carbocycles. The molecular weight excluding hydrogens is 279 g/mol. The van der Waals surface area contributed by atoms with Gasteiger partial charge >= 0.3 is 0 Å². The summed E-state index contributed by atoms with van der Waals surface area (Å²) in [6, 6.07) is 1.85. The number of sulfone groups is 1. The highest BCUT2D eigenvalue weighted by atomic mass is 32.2. The molecule has 1 N–H and O–H groups in total. The van der Waals surface area contributed by atoms with Crippen LogP contribution >= 0.6 is 0 Å². The number of hydrogen-bond donors (Lipinski definition) is 1. The van der Waals surface area contributed by atoms with Gasteiger partial charge in [0, 0.05) is 6.54 Å². The molecule has 0 radical (unpaired) electrons. The second-order valence-corrected chi connectivity index (χ2v) is 7.00. The fourth-order valence-electron chi connectivity index (χ4n) is 2.16. The minimum Gasteiger partial charge on any atom is -0.312 e. The quantitative estimate of drug-likeness (QED) is 0.858. The van der Waals surface area contributed by atoms with Crippen molar-refractivity contribution in [2.24, 2.45) is 5.92 Å². The van der Waals surface area contributed by atoms with Gasteiger partial charge in [0.25, 0.3) is 0 Å². The van der Waals surface area contributed by atoms with Gasteiger partial charge in [-0.05, 0) is 36.6 Å². The molecule has 1 aromatic rings. The minimum absolute atomic E-state index is 0.0279. The normalized spacial score (nSPS) is 21.7. The van der Waals surface area contributed by atoms with Crippen molar-refractivity contribution >= 4 is 9.84 Å². The van der Waals surface area contributed by atoms with Gasteiger partial charge in [-0.2, -0.15) is 0 Å². The molecule has 1 unspecified atom stereocenters. The van der Waals surface area contributed by atoms with Crippen LogP contribution in [-0.2, 0) is 16.4 Å². The van der Waals surface area contributed by atoms with E-state index in [1.165, 1.54) is 0 Å². The molecule has 1 heterocycles. The van der Waals surface area contributed by atoms with Crippen LogP contribution in [0.5, 0.6) is 0 Å². The Hall–Kier alpha value is -1.08. The Bertz CT molecular complexity index is 551. The molecule has 0 saturated carbocycles. The van der Waals surface area contributed by atoms with Gasteiger partial charge in [-0.15, -0.1) is 0 Å². The van der Waals surface area contributed by atoms with E-state index in [-0.39, 0.29) is 29.5 Å². The van der Waals surface area contributed by atoms with Crippen molar-refractivity contribution in [3.8, 4) is 0 Å². The van der Waals surface area contributed by atoms with Crippen molar-refractivity contribution in [2.75, 3.05) is 18.1 Å². The van der Waals surface area contributed by atoms with E-state index >= 15 is 0 Å². The number of hydrogen-bond acceptors (Lipinski definition) is 3. The summed E-state index contributed by atoms with van der Waals surface area (Å²) >= 11 is 0. The Morgan fingerprint density at radius 3 is 2.37 bits per heavy atom. The van der Waals surface area contributed by atoms with Crippen LogP contribution in [0.4, 0.5) is 13.2 Å². The van der Waals surface area contributed by atoms with Crippen LogP contribution in [0.15, 0.2) is 12.1 Å². The molecule has 19 heavy (non-hydrogen) atoms. The van der Waals surface area contributed by atoms with Gasteiger partial charge in [-0.25, -0.2) is 21.6 Å². The van der Waals surface area contributed by atoms with Crippen LogP contribution in [0, 0.1) is 23.4 Å². The molecule has 1 saturated heterocycles. The average Bonchev–Trinajstić information content (AvgIpc) is 2.66. The van der Waals surface area contributed by atoms with Crippen LogP contribution < -0.4 is 5.32 Å². The molecule has 7 heteroatoms. The molecule has 2 rings (SSSR count). The lowest BCUT2D eigenvalue weighted by Crippen LogP contribution is -2.23. The van der Waals surface area contributed by atoms with E-state index in [0.717, 1.165) is 12.1 Å². The summed E-state index contributed by atoms with van der Waals surface area (Å²) in [5.41, 5.74) is 0.289. The van der Waals surface area contributed by atoms with Crippen molar-refractivity contribution in [3.63, 3.8) is 0 Å². The smallest absolute Gasteiger partial charge is 0.194 e. The summed E-state index contributed by atoms with van der Waals surface area (Å²) in [7, 11) is -2.92. The summed E-state index contributed by atoms with van der Waals surface area (Å²) in [6.07, 6.45) is 0.599. The summed E-state index contributed by atoms with van der Waals surface area (Å²) in [6.45, 7) is 0.629. The fourth-order valence-corrected chi connectivity index (χ4v) is 4.03. The van der Waals surface area contributed by atoms with E-state index in [1.54, 1.807) is 0 Å². The van der Waals surface area contributed by atoms with E-state index in [0.29, 0.717) is 13.0 Å². The van der Waals surface area contributed by atoms with Gasteiger partial charge in [-0.1, -0.05) is 0 Å². The third kappa shape index (κ3) is 3.70. The third-order valence-corrected chi connectivity index (χ3v) is 4.97. The van der Waals surface area contributed by atoms with Gasteiger partial charge in [-0.3, -0.25) is 0 Å². The van der Waals surface area contributed by atoms with Crippen LogP contribution in [-0.4, -0.2) is 26.5 Å². The molecular formula is C12H14F3NO2S. The Morgan fingerprint density at radius 2 is 1.84 bits per heavy atom. The Balaban J connectivity index is 1.87. The predicted molar refractivity (Wildman–Crippen MR) is 64.8 cm³/mol. The van der Waals surface area contributed by atoms with Crippen molar-refractivity contribution in [1.29, 1.82) is 0 Å². The molecule has 106 valence electrons. The topological polar surface area (TPSA) is 46.2 Å². The van der Waals surface area contributed by atoms with Gasteiger partial charge < -0.3 is 5.32 Å². The predicted octanol–water partition coefficient (Wildman–Crippen LogP) is 1.63. The maximum absolute atomic E-state index is 12.9. The molecule has 0 aromatic heterocycles. The first-order chi connectivity index (χ1) is 8.87. The largest absolute Gasteiger partial charge is 0.312 e. The summed E-state index contributed by atoms with van der Waals surface area (Å²) in [5, 5.41) is 2.94. The van der Waals surface area contributed by atoms with Gasteiger partial charge in [0.15, 0.2) is 27.3 Å². The van der Waals surface area contributed by atoms with E-state index < -0.39 is 27.3 Å². The van der Waals surface area contributed by atoms with E-state index in [9.17, 15) is 21.6 Å². The van der Waals surface area contributed by atoms with Crippen LogP contribution in [0.25, 0.3) is 0 Å². The van der Waals surface area contributed by atoms with E-state index in [2.05, 4.69) is 5.32 Å². The Morgan fingerprint density at radius 1 is 1.21 bits per heavy atom. The number of benzene rings is 1. The molecule has 0 amide bonds. The lowest BCUT2D eigenvalue weighted by atomic mass is 10.1. The molecule has 0 spiro atoms. The Kier molecular flexibility index (Phi) is 4.15. The zero-order chi connectivity index (χ0) is 14.0. The fraction of sp³-hybridized carbons (Fsp3) is 0.500. The zero-order valence-electron chi connectivity index (χ0n) is 10.1. The molecule has 1 fully saturated rings. The van der Waals surface area contributed by atoms with Crippen LogP contribution in [0.1, 0.15) is 12.0 Å². The monoisotopic (exact) mass is 293 g/mol.